The van der Waals surface area contributed by atoms with Crippen molar-refractivity contribution in [2.75, 3.05) is 39.5 Å². The molecule has 2 aliphatic heterocycles. The minimum Gasteiger partial charge on any atom is -0.437 e. The molecule has 3 aromatic rings. The average Bonchev–Trinajstić information content (AvgIpc) is 3.61. The van der Waals surface area contributed by atoms with Gasteiger partial charge in [-0.15, -0.1) is 0 Å². The number of aryl methyl sites for hydroxylation is 1. The van der Waals surface area contributed by atoms with Crippen molar-refractivity contribution in [2.45, 2.75) is 37.7 Å². The van der Waals surface area contributed by atoms with Gasteiger partial charge in [0.1, 0.15) is 10.6 Å². The van der Waals surface area contributed by atoms with Gasteiger partial charge in [0.15, 0.2) is 5.69 Å². The number of benzene rings is 2. The number of nitrogens with zero attached hydrogens (tertiary/aromatic N) is 4. The number of rotatable bonds is 9. The van der Waals surface area contributed by atoms with E-state index in [0.717, 1.165) is 24.5 Å². The predicted octanol–water partition coefficient (Wildman–Crippen LogP) is 3.12. The Morgan fingerprint density at radius 1 is 1.15 bits per heavy atom. The number of carbonyl (C=O) groups is 1. The monoisotopic (exact) mass is 585 g/mol. The van der Waals surface area contributed by atoms with Crippen LogP contribution in [-0.4, -0.2) is 78.9 Å². The van der Waals surface area contributed by atoms with Crippen LogP contribution in [0.1, 0.15) is 34.5 Å². The van der Waals surface area contributed by atoms with Crippen molar-refractivity contribution >= 4 is 21.6 Å². The molecule has 14 heteroatoms. The predicted molar refractivity (Wildman–Crippen MR) is 147 cm³/mol. The standard InChI is InChI=1S/C27H31N5O8S/c1-18-5-7-20(8-6-18)31-27(19(2)25(29-31)26(33)28-17-22-4-3-13-39-22)40-23-10-9-21(32(34)35)16-24(23)41(36,37)30-11-14-38-15-12-30/h5-10,16,22H,3-4,11-15,17H2,1-2H3,(H,28,33)/t22-/m0/s1. The van der Waals surface area contributed by atoms with Gasteiger partial charge < -0.3 is 19.5 Å². The maximum atomic E-state index is 13.6. The Morgan fingerprint density at radius 3 is 2.54 bits per heavy atom. The summed E-state index contributed by atoms with van der Waals surface area (Å²) < 4.78 is 47.0. The molecule has 13 nitrogen and oxygen atoms in total. The Hall–Kier alpha value is -3.85. The summed E-state index contributed by atoms with van der Waals surface area (Å²) in [4.78, 5) is 23.7. The quantitative estimate of drug-likeness (QED) is 0.295. The van der Waals surface area contributed by atoms with E-state index < -0.39 is 26.5 Å². The molecule has 1 aromatic heterocycles. The molecule has 0 aliphatic carbocycles. The van der Waals surface area contributed by atoms with E-state index in [1.807, 2.05) is 19.1 Å². The molecular weight excluding hydrogens is 554 g/mol. The van der Waals surface area contributed by atoms with Gasteiger partial charge in [0, 0.05) is 43.9 Å². The Kier molecular flexibility index (Phi) is 8.35. The van der Waals surface area contributed by atoms with Crippen LogP contribution in [0, 0.1) is 24.0 Å². The zero-order valence-corrected chi connectivity index (χ0v) is 23.6. The molecule has 2 aliphatic rings. The van der Waals surface area contributed by atoms with E-state index in [9.17, 15) is 23.3 Å². The number of non-ortho nitro benzene ring substituents is 1. The number of morpholine rings is 1. The maximum Gasteiger partial charge on any atom is 0.272 e. The van der Waals surface area contributed by atoms with E-state index in [1.165, 1.54) is 21.1 Å². The second-order valence-corrected chi connectivity index (χ2v) is 11.8. The van der Waals surface area contributed by atoms with E-state index in [-0.39, 0.29) is 54.6 Å². The molecule has 1 amide bonds. The van der Waals surface area contributed by atoms with E-state index in [2.05, 4.69) is 10.4 Å². The van der Waals surface area contributed by atoms with Gasteiger partial charge in [0.2, 0.25) is 15.9 Å². The summed E-state index contributed by atoms with van der Waals surface area (Å²) in [5.74, 6) is -0.466. The number of aromatic nitrogens is 2. The lowest BCUT2D eigenvalue weighted by molar-refractivity contribution is -0.385. The smallest absolute Gasteiger partial charge is 0.272 e. The average molecular weight is 586 g/mol. The van der Waals surface area contributed by atoms with Crippen LogP contribution in [0.5, 0.6) is 11.6 Å². The highest BCUT2D eigenvalue weighted by Gasteiger charge is 2.33. The van der Waals surface area contributed by atoms with Crippen LogP contribution >= 0.6 is 0 Å². The molecule has 5 rings (SSSR count). The fourth-order valence-corrected chi connectivity index (χ4v) is 6.24. The van der Waals surface area contributed by atoms with Crippen LogP contribution in [-0.2, 0) is 19.5 Å². The lowest BCUT2D eigenvalue weighted by atomic mass is 10.2. The third-order valence-corrected chi connectivity index (χ3v) is 8.93. The number of nitro groups is 1. The van der Waals surface area contributed by atoms with Gasteiger partial charge in [-0.3, -0.25) is 14.9 Å². The lowest BCUT2D eigenvalue weighted by Crippen LogP contribution is -2.40. The van der Waals surface area contributed by atoms with Gasteiger partial charge in [-0.25, -0.2) is 8.42 Å². The molecule has 2 saturated heterocycles. The van der Waals surface area contributed by atoms with Gasteiger partial charge >= 0.3 is 0 Å². The Morgan fingerprint density at radius 2 is 1.88 bits per heavy atom. The number of nitro benzene ring substituents is 1. The highest BCUT2D eigenvalue weighted by Crippen LogP contribution is 2.37. The number of ether oxygens (including phenoxy) is 3. The number of hydrogen-bond donors (Lipinski definition) is 1. The van der Waals surface area contributed by atoms with Crippen molar-refractivity contribution in [3.63, 3.8) is 0 Å². The van der Waals surface area contributed by atoms with Crippen LogP contribution in [0.15, 0.2) is 47.4 Å². The van der Waals surface area contributed by atoms with Crippen molar-refractivity contribution in [3.8, 4) is 17.3 Å². The molecule has 1 N–H and O–H groups in total. The molecule has 41 heavy (non-hydrogen) atoms. The van der Waals surface area contributed by atoms with E-state index in [0.29, 0.717) is 24.4 Å². The first kappa shape index (κ1) is 28.7. The third kappa shape index (κ3) is 6.10. The summed E-state index contributed by atoms with van der Waals surface area (Å²) in [5.41, 5.74) is 1.64. The van der Waals surface area contributed by atoms with Crippen molar-refractivity contribution in [1.82, 2.24) is 19.4 Å². The topological polar surface area (TPSA) is 155 Å². The summed E-state index contributed by atoms with van der Waals surface area (Å²) in [6.07, 6.45) is 1.72. The van der Waals surface area contributed by atoms with Crippen molar-refractivity contribution in [1.29, 1.82) is 0 Å². The molecule has 0 saturated carbocycles. The van der Waals surface area contributed by atoms with Gasteiger partial charge in [0.25, 0.3) is 11.6 Å². The van der Waals surface area contributed by atoms with Crippen molar-refractivity contribution < 1.29 is 32.3 Å². The molecule has 2 aromatic carbocycles. The second-order valence-electron chi connectivity index (χ2n) is 9.88. The highest BCUT2D eigenvalue weighted by atomic mass is 32.2. The van der Waals surface area contributed by atoms with Crippen LogP contribution < -0.4 is 10.1 Å². The first-order valence-corrected chi connectivity index (χ1v) is 14.7. The summed E-state index contributed by atoms with van der Waals surface area (Å²) in [6.45, 7) is 5.16. The van der Waals surface area contributed by atoms with Crippen LogP contribution in [0.4, 0.5) is 5.69 Å². The maximum absolute atomic E-state index is 13.6. The molecule has 0 spiro atoms. The number of hydrogen-bond acceptors (Lipinski definition) is 9. The molecule has 0 radical (unpaired) electrons. The van der Waals surface area contributed by atoms with Gasteiger partial charge in [-0.2, -0.15) is 14.1 Å². The second kappa shape index (κ2) is 11.9. The molecule has 0 unspecified atom stereocenters. The van der Waals surface area contributed by atoms with E-state index in [1.54, 1.807) is 19.1 Å². The number of carbonyl (C=O) groups excluding carboxylic acids is 1. The van der Waals surface area contributed by atoms with E-state index >= 15 is 0 Å². The first-order valence-electron chi connectivity index (χ1n) is 13.3. The molecule has 2 fully saturated rings. The van der Waals surface area contributed by atoms with Gasteiger partial charge in [0.05, 0.1) is 29.9 Å². The largest absolute Gasteiger partial charge is 0.437 e. The summed E-state index contributed by atoms with van der Waals surface area (Å²) in [7, 11) is -4.19. The SMILES string of the molecule is Cc1ccc(-n2nc(C(=O)NC[C@@H]3CCCO3)c(C)c2Oc2ccc([N+](=O)[O-])cc2S(=O)(=O)N2CCOCC2)cc1. The van der Waals surface area contributed by atoms with Gasteiger partial charge in [-0.05, 0) is 44.9 Å². The van der Waals surface area contributed by atoms with E-state index in [4.69, 9.17) is 14.2 Å². The summed E-state index contributed by atoms with van der Waals surface area (Å²) >= 11 is 0. The van der Waals surface area contributed by atoms with Crippen LogP contribution in [0.3, 0.4) is 0 Å². The fraction of sp³-hybridized carbons (Fsp3) is 0.407. The van der Waals surface area contributed by atoms with Gasteiger partial charge in [-0.1, -0.05) is 17.7 Å². The molecule has 3 heterocycles. The highest BCUT2D eigenvalue weighted by molar-refractivity contribution is 7.89. The Labute approximate surface area is 237 Å². The third-order valence-electron chi connectivity index (χ3n) is 7.01. The fourth-order valence-electron chi connectivity index (χ4n) is 4.70. The Bertz CT molecular complexity index is 1540. The van der Waals surface area contributed by atoms with Crippen LogP contribution in [0.25, 0.3) is 5.69 Å². The normalized spacial score (nSPS) is 17.9. The summed E-state index contributed by atoms with van der Waals surface area (Å²) in [6, 6.07) is 10.7. The van der Waals surface area contributed by atoms with Crippen molar-refractivity contribution in [2.24, 2.45) is 0 Å². The zero-order valence-electron chi connectivity index (χ0n) is 22.7. The number of amides is 1. The molecular formula is C27H31N5O8S. The summed E-state index contributed by atoms with van der Waals surface area (Å²) in [5, 5.41) is 18.9. The molecule has 218 valence electrons. The molecule has 1 atom stereocenters. The van der Waals surface area contributed by atoms with Crippen LogP contribution in [0.2, 0.25) is 0 Å². The molecule has 0 bridgehead atoms. The number of nitrogens with one attached hydrogen (secondary N) is 1. The lowest BCUT2D eigenvalue weighted by Gasteiger charge is -2.26. The minimum atomic E-state index is -4.19. The Balaban J connectivity index is 1.56. The zero-order chi connectivity index (χ0) is 29.1. The van der Waals surface area contributed by atoms with Crippen molar-refractivity contribution in [3.05, 3.63) is 69.4 Å². The first-order chi connectivity index (χ1) is 19.6. The number of sulfonamides is 1. The minimum absolute atomic E-state index is 0.0674.